The molecule has 3 nitrogen and oxygen atoms in total. The Bertz CT molecular complexity index is 384. The minimum absolute atomic E-state index is 0.00118. The van der Waals surface area contributed by atoms with E-state index in [1.165, 1.54) is 12.1 Å². The number of nitrogens with zero attached hydrogens (tertiary/aromatic N) is 1. The predicted molar refractivity (Wildman–Crippen MR) is 65.9 cm³/mol. The van der Waals surface area contributed by atoms with Gasteiger partial charge in [0.25, 0.3) is 0 Å². The highest BCUT2D eigenvalue weighted by atomic mass is 79.9. The van der Waals surface area contributed by atoms with Gasteiger partial charge in [0.1, 0.15) is 5.82 Å². The molecule has 0 aromatic heterocycles. The fraction of sp³-hybridized carbons (Fsp3) is 0.364. The van der Waals surface area contributed by atoms with E-state index < -0.39 is 0 Å². The molecule has 5 heteroatoms. The molecule has 0 bridgehead atoms. The number of anilines is 1. The molecule has 0 radical (unpaired) electrons. The van der Waals surface area contributed by atoms with Gasteiger partial charge in [-0.05, 0) is 41.1 Å². The SMILES string of the molecule is CCN(C)C(=O)CNc1ccc(F)cc1Br. The van der Waals surface area contributed by atoms with Crippen molar-refractivity contribution in [3.8, 4) is 0 Å². The van der Waals surface area contributed by atoms with Crippen LogP contribution < -0.4 is 5.32 Å². The number of likely N-dealkylation sites (N-methyl/N-ethyl adjacent to an activating group) is 1. The fourth-order valence-corrected chi connectivity index (χ4v) is 1.61. The Hall–Kier alpha value is -1.10. The first-order valence-corrected chi connectivity index (χ1v) is 5.76. The third-order valence-electron chi connectivity index (χ3n) is 2.26. The molecule has 0 saturated carbocycles. The number of carbonyl (C=O) groups excluding carboxylic acids is 1. The molecule has 16 heavy (non-hydrogen) atoms. The van der Waals surface area contributed by atoms with Crippen molar-refractivity contribution in [2.24, 2.45) is 0 Å². The average Bonchev–Trinajstić information content (AvgIpc) is 2.26. The van der Waals surface area contributed by atoms with Crippen molar-refractivity contribution in [1.29, 1.82) is 0 Å². The second-order valence-electron chi connectivity index (χ2n) is 3.39. The molecule has 1 aromatic carbocycles. The van der Waals surface area contributed by atoms with E-state index in [1.54, 1.807) is 18.0 Å². The van der Waals surface area contributed by atoms with Gasteiger partial charge in [-0.2, -0.15) is 0 Å². The molecule has 1 N–H and O–H groups in total. The van der Waals surface area contributed by atoms with Crippen molar-refractivity contribution in [3.63, 3.8) is 0 Å². The molecular formula is C11H14BrFN2O. The van der Waals surface area contributed by atoms with Gasteiger partial charge in [-0.15, -0.1) is 0 Å². The normalized spacial score (nSPS) is 10.0. The molecule has 1 rings (SSSR count). The summed E-state index contributed by atoms with van der Waals surface area (Å²) in [6, 6.07) is 4.30. The van der Waals surface area contributed by atoms with Gasteiger partial charge in [0.2, 0.25) is 5.91 Å². The summed E-state index contributed by atoms with van der Waals surface area (Å²) in [6.07, 6.45) is 0. The van der Waals surface area contributed by atoms with E-state index in [2.05, 4.69) is 21.2 Å². The van der Waals surface area contributed by atoms with Crippen LogP contribution in [0.15, 0.2) is 22.7 Å². The molecule has 0 fully saturated rings. The van der Waals surface area contributed by atoms with Crippen LogP contribution in [-0.4, -0.2) is 30.9 Å². The highest BCUT2D eigenvalue weighted by Crippen LogP contribution is 2.22. The molecule has 0 saturated heterocycles. The second kappa shape index (κ2) is 5.84. The van der Waals surface area contributed by atoms with Gasteiger partial charge in [-0.3, -0.25) is 4.79 Å². The van der Waals surface area contributed by atoms with E-state index >= 15 is 0 Å². The zero-order chi connectivity index (χ0) is 12.1. The van der Waals surface area contributed by atoms with Gasteiger partial charge in [-0.1, -0.05) is 0 Å². The lowest BCUT2D eigenvalue weighted by Crippen LogP contribution is -2.31. The van der Waals surface area contributed by atoms with Crippen LogP contribution in [0.4, 0.5) is 10.1 Å². The second-order valence-corrected chi connectivity index (χ2v) is 4.24. The Labute approximate surface area is 103 Å². The average molecular weight is 289 g/mol. The molecule has 1 aromatic rings. The third kappa shape index (κ3) is 3.48. The van der Waals surface area contributed by atoms with E-state index in [1.807, 2.05) is 6.92 Å². The van der Waals surface area contributed by atoms with Crippen LogP contribution in [0.2, 0.25) is 0 Å². The zero-order valence-corrected chi connectivity index (χ0v) is 10.8. The van der Waals surface area contributed by atoms with E-state index in [0.29, 0.717) is 16.7 Å². The Kier molecular flexibility index (Phi) is 4.73. The predicted octanol–water partition coefficient (Wildman–Crippen LogP) is 2.48. The largest absolute Gasteiger partial charge is 0.375 e. The maximum absolute atomic E-state index is 12.8. The molecular weight excluding hydrogens is 275 g/mol. The van der Waals surface area contributed by atoms with E-state index in [9.17, 15) is 9.18 Å². The van der Waals surface area contributed by atoms with Gasteiger partial charge in [-0.25, -0.2) is 4.39 Å². The first kappa shape index (κ1) is 13.0. The van der Waals surface area contributed by atoms with Crippen molar-refractivity contribution >= 4 is 27.5 Å². The summed E-state index contributed by atoms with van der Waals surface area (Å²) in [4.78, 5) is 13.1. The lowest BCUT2D eigenvalue weighted by atomic mass is 10.3. The Morgan fingerprint density at radius 3 is 2.81 bits per heavy atom. The summed E-state index contributed by atoms with van der Waals surface area (Å²) < 4.78 is 13.4. The first-order valence-electron chi connectivity index (χ1n) is 4.97. The van der Waals surface area contributed by atoms with Crippen LogP contribution in [0.25, 0.3) is 0 Å². The number of carbonyl (C=O) groups is 1. The van der Waals surface area contributed by atoms with E-state index in [-0.39, 0.29) is 18.3 Å². The summed E-state index contributed by atoms with van der Waals surface area (Å²) in [5.74, 6) is -0.312. The molecule has 0 heterocycles. The number of amides is 1. The number of nitrogens with one attached hydrogen (secondary N) is 1. The number of benzene rings is 1. The number of halogens is 2. The lowest BCUT2D eigenvalue weighted by molar-refractivity contribution is -0.127. The van der Waals surface area contributed by atoms with Gasteiger partial charge >= 0.3 is 0 Å². The van der Waals surface area contributed by atoms with Crippen LogP contribution in [0.3, 0.4) is 0 Å². The lowest BCUT2D eigenvalue weighted by Gasteiger charge is -2.15. The van der Waals surface area contributed by atoms with Crippen LogP contribution in [0.5, 0.6) is 0 Å². The molecule has 1 amide bonds. The van der Waals surface area contributed by atoms with Crippen LogP contribution in [0.1, 0.15) is 6.92 Å². The van der Waals surface area contributed by atoms with Crippen molar-refractivity contribution in [3.05, 3.63) is 28.5 Å². The topological polar surface area (TPSA) is 32.3 Å². The van der Waals surface area contributed by atoms with Crippen LogP contribution >= 0.6 is 15.9 Å². The summed E-state index contributed by atoms with van der Waals surface area (Å²) in [7, 11) is 1.74. The molecule has 88 valence electrons. The smallest absolute Gasteiger partial charge is 0.241 e. The Balaban J connectivity index is 2.58. The fourth-order valence-electron chi connectivity index (χ4n) is 1.11. The van der Waals surface area contributed by atoms with Crippen molar-refractivity contribution in [2.75, 3.05) is 25.5 Å². The number of hydrogen-bond acceptors (Lipinski definition) is 2. The maximum atomic E-state index is 12.8. The molecule has 0 atom stereocenters. The van der Waals surface area contributed by atoms with Crippen molar-refractivity contribution in [1.82, 2.24) is 4.90 Å². The molecule has 0 aliphatic rings. The van der Waals surface area contributed by atoms with Gasteiger partial charge in [0.05, 0.1) is 6.54 Å². The highest BCUT2D eigenvalue weighted by molar-refractivity contribution is 9.10. The summed E-state index contributed by atoms with van der Waals surface area (Å²) in [5.41, 5.74) is 0.708. The number of hydrogen-bond donors (Lipinski definition) is 1. The van der Waals surface area contributed by atoms with Gasteiger partial charge in [0.15, 0.2) is 0 Å². The standard InChI is InChI=1S/C11H14BrFN2O/c1-3-15(2)11(16)7-14-10-5-4-8(13)6-9(10)12/h4-6,14H,3,7H2,1-2H3. The Morgan fingerprint density at radius 2 is 2.25 bits per heavy atom. The van der Waals surface area contributed by atoms with E-state index in [0.717, 1.165) is 0 Å². The van der Waals surface area contributed by atoms with Crippen molar-refractivity contribution < 1.29 is 9.18 Å². The molecule has 0 aliphatic carbocycles. The number of rotatable bonds is 4. The van der Waals surface area contributed by atoms with Crippen molar-refractivity contribution in [2.45, 2.75) is 6.92 Å². The minimum atomic E-state index is -0.311. The van der Waals surface area contributed by atoms with Crippen LogP contribution in [0, 0.1) is 5.82 Å². The minimum Gasteiger partial charge on any atom is -0.375 e. The highest BCUT2D eigenvalue weighted by Gasteiger charge is 2.07. The van der Waals surface area contributed by atoms with E-state index in [4.69, 9.17) is 0 Å². The summed E-state index contributed by atoms with van der Waals surface area (Å²) >= 11 is 3.22. The quantitative estimate of drug-likeness (QED) is 0.923. The summed E-state index contributed by atoms with van der Waals surface area (Å²) in [6.45, 7) is 2.78. The third-order valence-corrected chi connectivity index (χ3v) is 2.92. The summed E-state index contributed by atoms with van der Waals surface area (Å²) in [5, 5.41) is 2.95. The van der Waals surface area contributed by atoms with Gasteiger partial charge in [0, 0.05) is 23.8 Å². The first-order chi connectivity index (χ1) is 7.54. The Morgan fingerprint density at radius 1 is 1.56 bits per heavy atom. The molecule has 0 spiro atoms. The zero-order valence-electron chi connectivity index (χ0n) is 9.26. The monoisotopic (exact) mass is 288 g/mol. The molecule has 0 unspecified atom stereocenters. The molecule has 0 aliphatic heterocycles. The van der Waals surface area contributed by atoms with Gasteiger partial charge < -0.3 is 10.2 Å². The van der Waals surface area contributed by atoms with Crippen LogP contribution in [-0.2, 0) is 4.79 Å². The maximum Gasteiger partial charge on any atom is 0.241 e.